The lowest BCUT2D eigenvalue weighted by Gasteiger charge is -2.29. The van der Waals surface area contributed by atoms with Crippen LogP contribution in [-0.4, -0.2) is 30.9 Å². The van der Waals surface area contributed by atoms with E-state index in [2.05, 4.69) is 29.8 Å². The van der Waals surface area contributed by atoms with Crippen LogP contribution in [0, 0.1) is 12.3 Å². The van der Waals surface area contributed by atoms with Crippen LogP contribution >= 0.6 is 28.3 Å². The highest BCUT2D eigenvalue weighted by Crippen LogP contribution is 2.20. The van der Waals surface area contributed by atoms with Crippen molar-refractivity contribution < 1.29 is 4.79 Å². The molecule has 5 heteroatoms. The number of aryl methyl sites for hydroxylation is 1. The molecule has 1 rings (SSSR count). The number of carbonyl (C=O) groups is 1. The Bertz CT molecular complexity index is 449. The van der Waals surface area contributed by atoms with Gasteiger partial charge < -0.3 is 10.6 Å². The fourth-order valence-corrected chi connectivity index (χ4v) is 2.17. The number of nitrogens with two attached hydrogens (primary N) is 1. The predicted octanol–water partition coefficient (Wildman–Crippen LogP) is 3.24. The van der Waals surface area contributed by atoms with Crippen LogP contribution in [0.1, 0.15) is 29.8 Å². The van der Waals surface area contributed by atoms with Gasteiger partial charge in [-0.05, 0) is 36.6 Å². The van der Waals surface area contributed by atoms with Crippen LogP contribution in [0.3, 0.4) is 0 Å². The normalized spacial score (nSPS) is 10.8. The largest absolute Gasteiger partial charge is 0.341 e. The van der Waals surface area contributed by atoms with Crippen LogP contribution in [0.2, 0.25) is 0 Å². The van der Waals surface area contributed by atoms with Gasteiger partial charge in [0.1, 0.15) is 0 Å². The van der Waals surface area contributed by atoms with E-state index in [1.54, 1.807) is 4.90 Å². The molecule has 0 spiro atoms. The van der Waals surface area contributed by atoms with E-state index in [9.17, 15) is 4.79 Å². The first-order valence-corrected chi connectivity index (χ1v) is 6.78. The molecule has 0 aliphatic heterocycles. The third kappa shape index (κ3) is 5.13. The molecule has 1 aromatic carbocycles. The van der Waals surface area contributed by atoms with E-state index in [-0.39, 0.29) is 23.7 Å². The Balaban J connectivity index is 0.00000324. The van der Waals surface area contributed by atoms with E-state index >= 15 is 0 Å². The van der Waals surface area contributed by atoms with Crippen molar-refractivity contribution in [3.05, 3.63) is 33.8 Å². The molecule has 0 saturated heterocycles. The lowest BCUT2D eigenvalue weighted by Crippen LogP contribution is -2.40. The van der Waals surface area contributed by atoms with Crippen molar-refractivity contribution >= 4 is 34.2 Å². The summed E-state index contributed by atoms with van der Waals surface area (Å²) in [5, 5.41) is 0. The van der Waals surface area contributed by atoms with Gasteiger partial charge in [0, 0.05) is 23.6 Å². The Hall–Kier alpha value is -0.580. The van der Waals surface area contributed by atoms with Crippen molar-refractivity contribution in [1.82, 2.24) is 4.90 Å². The van der Waals surface area contributed by atoms with Crippen molar-refractivity contribution in [1.29, 1.82) is 0 Å². The first-order valence-electron chi connectivity index (χ1n) is 5.98. The molecule has 0 fully saturated rings. The minimum atomic E-state index is -0.0652. The number of halogens is 2. The van der Waals surface area contributed by atoms with Crippen LogP contribution < -0.4 is 5.73 Å². The van der Waals surface area contributed by atoms with E-state index in [0.717, 1.165) is 15.6 Å². The van der Waals surface area contributed by atoms with Gasteiger partial charge in [0.25, 0.3) is 5.91 Å². The summed E-state index contributed by atoms with van der Waals surface area (Å²) in [6.45, 7) is 7.27. The second-order valence-electron chi connectivity index (χ2n) is 5.49. The van der Waals surface area contributed by atoms with E-state index in [0.29, 0.717) is 13.1 Å². The van der Waals surface area contributed by atoms with Gasteiger partial charge in [-0.25, -0.2) is 0 Å². The molecule has 0 aromatic heterocycles. The smallest absolute Gasteiger partial charge is 0.253 e. The fraction of sp³-hybridized carbons (Fsp3) is 0.500. The number of hydrogen-bond acceptors (Lipinski definition) is 2. The summed E-state index contributed by atoms with van der Waals surface area (Å²) < 4.78 is 0.919. The van der Waals surface area contributed by atoms with Crippen molar-refractivity contribution in [2.45, 2.75) is 20.8 Å². The highest BCUT2D eigenvalue weighted by molar-refractivity contribution is 9.10. The van der Waals surface area contributed by atoms with E-state index in [4.69, 9.17) is 5.73 Å². The molecule has 1 amide bonds. The third-order valence-corrected chi connectivity index (χ3v) is 3.49. The van der Waals surface area contributed by atoms with Gasteiger partial charge in [-0.1, -0.05) is 35.8 Å². The second-order valence-corrected chi connectivity index (χ2v) is 6.40. The molecule has 1 aromatic rings. The zero-order chi connectivity index (χ0) is 13.9. The number of carbonyl (C=O) groups excluding carboxylic acids is 1. The van der Waals surface area contributed by atoms with Gasteiger partial charge in [-0.3, -0.25) is 4.79 Å². The van der Waals surface area contributed by atoms with E-state index in [1.807, 2.05) is 32.2 Å². The quantitative estimate of drug-likeness (QED) is 0.907. The number of hydrogen-bond donors (Lipinski definition) is 1. The van der Waals surface area contributed by atoms with E-state index in [1.165, 1.54) is 0 Å². The Morgan fingerprint density at radius 2 is 2.00 bits per heavy atom. The molecule has 0 heterocycles. The first kappa shape index (κ1) is 18.4. The molecule has 3 nitrogen and oxygen atoms in total. The molecule has 108 valence electrons. The standard InChI is InChI=1S/C14H21BrN2O.ClH/c1-10-5-6-11(15)7-12(10)13(18)17(4)9-14(2,3)8-16;/h5-7H,8-9,16H2,1-4H3;1H. The number of nitrogens with zero attached hydrogens (tertiary/aromatic N) is 1. The third-order valence-electron chi connectivity index (χ3n) is 2.99. The molecule has 0 atom stereocenters. The monoisotopic (exact) mass is 348 g/mol. The van der Waals surface area contributed by atoms with Gasteiger partial charge in [-0.15, -0.1) is 12.4 Å². The lowest BCUT2D eigenvalue weighted by atomic mass is 9.93. The average molecular weight is 350 g/mol. The van der Waals surface area contributed by atoms with E-state index < -0.39 is 0 Å². The Labute approximate surface area is 130 Å². The molecule has 0 bridgehead atoms. The minimum Gasteiger partial charge on any atom is -0.341 e. The lowest BCUT2D eigenvalue weighted by molar-refractivity contribution is 0.0740. The highest BCUT2D eigenvalue weighted by atomic mass is 79.9. The summed E-state index contributed by atoms with van der Waals surface area (Å²) in [4.78, 5) is 14.1. The number of benzene rings is 1. The summed E-state index contributed by atoms with van der Waals surface area (Å²) in [6, 6.07) is 5.75. The topological polar surface area (TPSA) is 46.3 Å². The van der Waals surface area contributed by atoms with Gasteiger partial charge in [-0.2, -0.15) is 0 Å². The molecule has 2 N–H and O–H groups in total. The number of rotatable bonds is 4. The Morgan fingerprint density at radius 3 is 2.53 bits per heavy atom. The molecular weight excluding hydrogens is 328 g/mol. The van der Waals surface area contributed by atoms with Crippen LogP contribution in [0.15, 0.2) is 22.7 Å². The summed E-state index contributed by atoms with van der Waals surface area (Å²) in [7, 11) is 1.82. The molecule has 0 unspecified atom stereocenters. The van der Waals surface area contributed by atoms with Crippen LogP contribution in [-0.2, 0) is 0 Å². The molecule has 19 heavy (non-hydrogen) atoms. The summed E-state index contributed by atoms with van der Waals surface area (Å²) in [6.07, 6.45) is 0. The molecule has 0 saturated carbocycles. The van der Waals surface area contributed by atoms with Crippen LogP contribution in [0.4, 0.5) is 0 Å². The fourth-order valence-electron chi connectivity index (χ4n) is 1.81. The maximum atomic E-state index is 12.4. The first-order chi connectivity index (χ1) is 8.26. The maximum Gasteiger partial charge on any atom is 0.253 e. The SMILES string of the molecule is Cc1ccc(Br)cc1C(=O)N(C)CC(C)(C)CN.Cl. The summed E-state index contributed by atoms with van der Waals surface area (Å²) in [5.41, 5.74) is 7.36. The summed E-state index contributed by atoms with van der Waals surface area (Å²) >= 11 is 3.40. The van der Waals surface area contributed by atoms with Crippen LogP contribution in [0.25, 0.3) is 0 Å². The minimum absolute atomic E-state index is 0. The van der Waals surface area contributed by atoms with Crippen molar-refractivity contribution in [2.75, 3.05) is 20.1 Å². The zero-order valence-corrected chi connectivity index (χ0v) is 14.3. The van der Waals surface area contributed by atoms with Gasteiger partial charge in [0.05, 0.1) is 0 Å². The highest BCUT2D eigenvalue weighted by Gasteiger charge is 2.22. The maximum absolute atomic E-state index is 12.4. The Morgan fingerprint density at radius 1 is 1.42 bits per heavy atom. The average Bonchev–Trinajstić information content (AvgIpc) is 2.31. The van der Waals surface area contributed by atoms with Crippen LogP contribution in [0.5, 0.6) is 0 Å². The number of amides is 1. The summed E-state index contributed by atoms with van der Waals surface area (Å²) in [5.74, 6) is 0.0373. The van der Waals surface area contributed by atoms with Crippen molar-refractivity contribution in [2.24, 2.45) is 11.1 Å². The predicted molar refractivity (Wildman–Crippen MR) is 85.9 cm³/mol. The van der Waals surface area contributed by atoms with Gasteiger partial charge >= 0.3 is 0 Å². The second kappa shape index (κ2) is 7.27. The van der Waals surface area contributed by atoms with Crippen molar-refractivity contribution in [3.63, 3.8) is 0 Å². The molecule has 0 aliphatic rings. The van der Waals surface area contributed by atoms with Crippen molar-refractivity contribution in [3.8, 4) is 0 Å². The zero-order valence-electron chi connectivity index (χ0n) is 11.9. The molecular formula is C14H22BrClN2O. The Kier molecular flexibility index (Phi) is 7.05. The van der Waals surface area contributed by atoms with Gasteiger partial charge in [0.15, 0.2) is 0 Å². The molecule has 0 aliphatic carbocycles. The van der Waals surface area contributed by atoms with Gasteiger partial charge in [0.2, 0.25) is 0 Å². The molecule has 0 radical (unpaired) electrons.